The number of aryl methyl sites for hydroxylation is 1. The number of aromatic nitrogens is 2. The Kier molecular flexibility index (Phi) is 3.80. The van der Waals surface area contributed by atoms with Gasteiger partial charge in [0.2, 0.25) is 0 Å². The van der Waals surface area contributed by atoms with E-state index < -0.39 is 0 Å². The number of aromatic amines is 1. The highest BCUT2D eigenvalue weighted by molar-refractivity contribution is 5.01. The number of nitrogens with two attached hydrogens (primary N) is 1. The number of imidazole rings is 1. The van der Waals surface area contributed by atoms with Crippen molar-refractivity contribution >= 4 is 0 Å². The van der Waals surface area contributed by atoms with E-state index >= 15 is 0 Å². The van der Waals surface area contributed by atoms with Gasteiger partial charge in [-0.1, -0.05) is 13.3 Å². The second-order valence-electron chi connectivity index (χ2n) is 3.00. The van der Waals surface area contributed by atoms with E-state index in [2.05, 4.69) is 16.9 Å². The maximum Gasteiger partial charge on any atom is 0.106 e. The van der Waals surface area contributed by atoms with Gasteiger partial charge in [0.15, 0.2) is 0 Å². The monoisotopic (exact) mass is 167 g/mol. The predicted octanol–water partition coefficient (Wildman–Crippen LogP) is 1.25. The first kappa shape index (κ1) is 9.26. The quantitative estimate of drug-likeness (QED) is 0.693. The average Bonchev–Trinajstić information content (AvgIpc) is 2.50. The molecule has 0 aliphatic heterocycles. The topological polar surface area (TPSA) is 54.7 Å². The Labute approximate surface area is 73.4 Å². The summed E-state index contributed by atoms with van der Waals surface area (Å²) in [5.41, 5.74) is 6.58. The largest absolute Gasteiger partial charge is 0.346 e. The second-order valence-corrected chi connectivity index (χ2v) is 3.00. The molecule has 1 aromatic rings. The summed E-state index contributed by atoms with van der Waals surface area (Å²) in [4.78, 5) is 7.52. The number of H-pyrrole nitrogens is 1. The zero-order chi connectivity index (χ0) is 8.81. The Morgan fingerprint density at radius 2 is 2.33 bits per heavy atom. The summed E-state index contributed by atoms with van der Waals surface area (Å²) in [5, 5.41) is 0. The molecule has 0 bridgehead atoms. The summed E-state index contributed by atoms with van der Waals surface area (Å²) in [5.74, 6) is 1.10. The van der Waals surface area contributed by atoms with Crippen LogP contribution in [0.3, 0.4) is 0 Å². The third-order valence-corrected chi connectivity index (χ3v) is 1.86. The number of hydrogen-bond donors (Lipinski definition) is 2. The molecule has 0 atom stereocenters. The zero-order valence-corrected chi connectivity index (χ0v) is 7.64. The Bertz CT molecular complexity index is 217. The minimum absolute atomic E-state index is 0.690. The predicted molar refractivity (Wildman–Crippen MR) is 50.0 cm³/mol. The molecule has 1 heterocycles. The van der Waals surface area contributed by atoms with Crippen LogP contribution in [0.15, 0.2) is 6.20 Å². The number of nitrogens with zero attached hydrogens (tertiary/aromatic N) is 1. The Hall–Kier alpha value is -0.830. The van der Waals surface area contributed by atoms with Crippen LogP contribution >= 0.6 is 0 Å². The molecule has 1 aromatic heterocycles. The van der Waals surface area contributed by atoms with Crippen molar-refractivity contribution < 1.29 is 0 Å². The maximum atomic E-state index is 5.42. The van der Waals surface area contributed by atoms with Crippen molar-refractivity contribution in [2.24, 2.45) is 5.73 Å². The molecule has 0 aliphatic carbocycles. The van der Waals surface area contributed by atoms with Crippen LogP contribution in [0.1, 0.15) is 31.3 Å². The minimum Gasteiger partial charge on any atom is -0.346 e. The van der Waals surface area contributed by atoms with Gasteiger partial charge in [-0.3, -0.25) is 0 Å². The first-order valence-corrected chi connectivity index (χ1v) is 4.59. The van der Waals surface area contributed by atoms with Gasteiger partial charge in [0.25, 0.3) is 0 Å². The van der Waals surface area contributed by atoms with Crippen molar-refractivity contribution in [1.82, 2.24) is 9.97 Å². The highest BCUT2D eigenvalue weighted by atomic mass is 14.9. The summed E-state index contributed by atoms with van der Waals surface area (Å²) in [6.45, 7) is 2.87. The van der Waals surface area contributed by atoms with Crippen LogP contribution < -0.4 is 5.73 Å². The van der Waals surface area contributed by atoms with Gasteiger partial charge in [-0.25, -0.2) is 4.98 Å². The van der Waals surface area contributed by atoms with E-state index in [1.54, 1.807) is 0 Å². The van der Waals surface area contributed by atoms with Gasteiger partial charge in [-0.15, -0.1) is 0 Å². The van der Waals surface area contributed by atoms with Gasteiger partial charge in [0.1, 0.15) is 5.82 Å². The van der Waals surface area contributed by atoms with Crippen LogP contribution in [-0.4, -0.2) is 16.5 Å². The van der Waals surface area contributed by atoms with E-state index in [1.807, 2.05) is 6.20 Å². The number of rotatable bonds is 5. The molecule has 0 radical (unpaired) electrons. The molecule has 3 heteroatoms. The lowest BCUT2D eigenvalue weighted by atomic mass is 10.2. The fourth-order valence-electron chi connectivity index (χ4n) is 1.16. The summed E-state index contributed by atoms with van der Waals surface area (Å²) in [6.07, 6.45) is 6.26. The van der Waals surface area contributed by atoms with Gasteiger partial charge in [0, 0.05) is 24.7 Å². The lowest BCUT2D eigenvalue weighted by Crippen LogP contribution is -2.02. The maximum absolute atomic E-state index is 5.42. The minimum atomic E-state index is 0.690. The third kappa shape index (κ3) is 2.66. The first-order valence-electron chi connectivity index (χ1n) is 4.59. The molecule has 0 aromatic carbocycles. The van der Waals surface area contributed by atoms with Crippen LogP contribution in [0.25, 0.3) is 0 Å². The third-order valence-electron chi connectivity index (χ3n) is 1.86. The van der Waals surface area contributed by atoms with E-state index in [4.69, 9.17) is 5.73 Å². The molecule has 12 heavy (non-hydrogen) atoms. The second kappa shape index (κ2) is 4.93. The van der Waals surface area contributed by atoms with Crippen molar-refractivity contribution in [2.75, 3.05) is 6.54 Å². The van der Waals surface area contributed by atoms with Crippen LogP contribution in [0.4, 0.5) is 0 Å². The fourth-order valence-corrected chi connectivity index (χ4v) is 1.16. The summed E-state index contributed by atoms with van der Waals surface area (Å²) >= 11 is 0. The van der Waals surface area contributed by atoms with Crippen LogP contribution in [0, 0.1) is 0 Å². The molecule has 0 aliphatic rings. The first-order chi connectivity index (χ1) is 5.86. The van der Waals surface area contributed by atoms with Crippen molar-refractivity contribution in [3.8, 4) is 0 Å². The summed E-state index contributed by atoms with van der Waals surface area (Å²) in [6, 6.07) is 0. The molecular weight excluding hydrogens is 150 g/mol. The van der Waals surface area contributed by atoms with Gasteiger partial charge in [-0.05, 0) is 13.0 Å². The number of nitrogens with one attached hydrogen (secondary N) is 1. The zero-order valence-electron chi connectivity index (χ0n) is 7.64. The van der Waals surface area contributed by atoms with E-state index in [-0.39, 0.29) is 0 Å². The van der Waals surface area contributed by atoms with Crippen LogP contribution in [0.5, 0.6) is 0 Å². The number of unbranched alkanes of at least 4 members (excludes halogenated alkanes) is 1. The lowest BCUT2D eigenvalue weighted by Gasteiger charge is -1.93. The van der Waals surface area contributed by atoms with Crippen molar-refractivity contribution in [1.29, 1.82) is 0 Å². The molecule has 0 unspecified atom stereocenters. The summed E-state index contributed by atoms with van der Waals surface area (Å²) in [7, 11) is 0. The SMILES string of the molecule is CCCCc1ncc(CCN)[nH]1. The smallest absolute Gasteiger partial charge is 0.106 e. The van der Waals surface area contributed by atoms with Crippen LogP contribution in [0.2, 0.25) is 0 Å². The molecule has 0 amide bonds. The van der Waals surface area contributed by atoms with E-state index in [0.29, 0.717) is 6.54 Å². The van der Waals surface area contributed by atoms with Crippen molar-refractivity contribution in [2.45, 2.75) is 32.6 Å². The molecule has 0 saturated carbocycles. The highest BCUT2D eigenvalue weighted by Crippen LogP contribution is 2.01. The van der Waals surface area contributed by atoms with Crippen LogP contribution in [-0.2, 0) is 12.8 Å². The Morgan fingerprint density at radius 3 is 3.00 bits per heavy atom. The molecule has 0 saturated heterocycles. The van der Waals surface area contributed by atoms with Crippen molar-refractivity contribution in [3.63, 3.8) is 0 Å². The molecule has 3 N–H and O–H groups in total. The van der Waals surface area contributed by atoms with E-state index in [9.17, 15) is 0 Å². The molecule has 0 fully saturated rings. The van der Waals surface area contributed by atoms with Gasteiger partial charge in [-0.2, -0.15) is 0 Å². The Morgan fingerprint density at radius 1 is 1.50 bits per heavy atom. The van der Waals surface area contributed by atoms with E-state index in [1.165, 1.54) is 12.8 Å². The average molecular weight is 167 g/mol. The van der Waals surface area contributed by atoms with Gasteiger partial charge in [0.05, 0.1) is 0 Å². The molecule has 68 valence electrons. The fraction of sp³-hybridized carbons (Fsp3) is 0.667. The molecular formula is C9H17N3. The number of hydrogen-bond acceptors (Lipinski definition) is 2. The molecule has 0 spiro atoms. The lowest BCUT2D eigenvalue weighted by molar-refractivity contribution is 0.759. The molecule has 1 rings (SSSR count). The van der Waals surface area contributed by atoms with Gasteiger partial charge < -0.3 is 10.7 Å². The standard InChI is InChI=1S/C9H17N3/c1-2-3-4-9-11-7-8(12-9)5-6-10/h7H,2-6,10H2,1H3,(H,11,12). The Balaban J connectivity index is 2.41. The van der Waals surface area contributed by atoms with E-state index in [0.717, 1.165) is 24.4 Å². The summed E-state index contributed by atoms with van der Waals surface area (Å²) < 4.78 is 0. The normalized spacial score (nSPS) is 10.5. The molecule has 3 nitrogen and oxygen atoms in total. The van der Waals surface area contributed by atoms with Gasteiger partial charge >= 0.3 is 0 Å². The van der Waals surface area contributed by atoms with Crippen molar-refractivity contribution in [3.05, 3.63) is 17.7 Å². The highest BCUT2D eigenvalue weighted by Gasteiger charge is 1.98.